The highest BCUT2D eigenvalue weighted by molar-refractivity contribution is 7.17. The van der Waals surface area contributed by atoms with Crippen molar-refractivity contribution in [3.8, 4) is 11.1 Å². The molecule has 0 atom stereocenters. The first-order chi connectivity index (χ1) is 14.4. The van der Waals surface area contributed by atoms with Crippen LogP contribution in [0.2, 0.25) is 0 Å². The highest BCUT2D eigenvalue weighted by Crippen LogP contribution is 2.30. The van der Waals surface area contributed by atoms with Gasteiger partial charge >= 0.3 is 0 Å². The van der Waals surface area contributed by atoms with Crippen LogP contribution in [-0.2, 0) is 11.3 Å². The van der Waals surface area contributed by atoms with Crippen molar-refractivity contribution < 1.29 is 9.59 Å². The molecule has 2 aromatic carbocycles. The van der Waals surface area contributed by atoms with E-state index < -0.39 is 0 Å². The average molecular weight is 417 g/mol. The van der Waals surface area contributed by atoms with Crippen LogP contribution in [0.5, 0.6) is 0 Å². The number of hydrogen-bond donors (Lipinski definition) is 1. The zero-order valence-corrected chi connectivity index (χ0v) is 17.3. The SMILES string of the molecule is CC(=O)Nc1ccc(C(=O)Cn2cnc3scc(-c4ccc(C)cc4)c3c2=O)cc1. The molecule has 2 aromatic heterocycles. The van der Waals surface area contributed by atoms with Crippen molar-refractivity contribution in [3.63, 3.8) is 0 Å². The maximum Gasteiger partial charge on any atom is 0.263 e. The predicted molar refractivity (Wildman–Crippen MR) is 119 cm³/mol. The van der Waals surface area contributed by atoms with Crippen LogP contribution in [-0.4, -0.2) is 21.2 Å². The number of carbonyl (C=O) groups excluding carboxylic acids is 2. The van der Waals surface area contributed by atoms with Crippen LogP contribution in [0.3, 0.4) is 0 Å². The van der Waals surface area contributed by atoms with Gasteiger partial charge in [-0.15, -0.1) is 11.3 Å². The van der Waals surface area contributed by atoms with Crippen molar-refractivity contribution >= 4 is 38.9 Å². The fraction of sp³-hybridized carbons (Fsp3) is 0.130. The number of nitrogens with one attached hydrogen (secondary N) is 1. The minimum atomic E-state index is -0.236. The summed E-state index contributed by atoms with van der Waals surface area (Å²) in [5, 5.41) is 5.11. The maximum absolute atomic E-state index is 13.1. The number of Topliss-reactive ketones (excluding diaryl/α,β-unsaturated/α-hetero) is 1. The van der Waals surface area contributed by atoms with Crippen molar-refractivity contribution in [3.05, 3.63) is 81.7 Å². The van der Waals surface area contributed by atoms with Crippen LogP contribution >= 0.6 is 11.3 Å². The standard InChI is InChI=1S/C23H19N3O3S/c1-14-3-5-16(6-4-14)19-12-30-22-21(19)23(29)26(13-24-22)11-20(28)17-7-9-18(10-8-17)25-15(2)27/h3-10,12-13H,11H2,1-2H3,(H,25,27). The Bertz CT molecular complexity index is 1300. The van der Waals surface area contributed by atoms with Crippen LogP contribution in [0.25, 0.3) is 21.3 Å². The minimum Gasteiger partial charge on any atom is -0.326 e. The molecule has 1 N–H and O–H groups in total. The number of fused-ring (bicyclic) bond motifs is 1. The van der Waals surface area contributed by atoms with Crippen molar-refractivity contribution in [2.45, 2.75) is 20.4 Å². The molecule has 0 aliphatic heterocycles. The first-order valence-electron chi connectivity index (χ1n) is 9.37. The van der Waals surface area contributed by atoms with Gasteiger partial charge in [0, 0.05) is 29.1 Å². The van der Waals surface area contributed by atoms with Gasteiger partial charge in [-0.1, -0.05) is 29.8 Å². The molecule has 0 saturated carbocycles. The Morgan fingerprint density at radius 3 is 2.43 bits per heavy atom. The van der Waals surface area contributed by atoms with Crippen molar-refractivity contribution in [1.29, 1.82) is 0 Å². The van der Waals surface area contributed by atoms with Crippen LogP contribution in [0.4, 0.5) is 5.69 Å². The molecule has 0 unspecified atom stereocenters. The first-order valence-corrected chi connectivity index (χ1v) is 10.2. The zero-order valence-electron chi connectivity index (χ0n) is 16.5. The van der Waals surface area contributed by atoms with Gasteiger partial charge in [0.15, 0.2) is 5.78 Å². The molecule has 0 saturated heterocycles. The second-order valence-electron chi connectivity index (χ2n) is 7.05. The van der Waals surface area contributed by atoms with E-state index in [1.807, 2.05) is 36.6 Å². The van der Waals surface area contributed by atoms with Gasteiger partial charge in [0.1, 0.15) is 4.83 Å². The molecular formula is C23H19N3O3S. The van der Waals surface area contributed by atoms with Crippen molar-refractivity contribution in [1.82, 2.24) is 9.55 Å². The maximum atomic E-state index is 13.1. The molecule has 0 bridgehead atoms. The number of anilines is 1. The molecule has 0 radical (unpaired) electrons. The summed E-state index contributed by atoms with van der Waals surface area (Å²) < 4.78 is 1.34. The number of benzene rings is 2. The average Bonchev–Trinajstić information content (AvgIpc) is 3.15. The normalized spacial score (nSPS) is 10.9. The van der Waals surface area contributed by atoms with Crippen LogP contribution in [0.1, 0.15) is 22.8 Å². The van der Waals surface area contributed by atoms with Crippen LogP contribution < -0.4 is 10.9 Å². The third-order valence-electron chi connectivity index (χ3n) is 4.76. The lowest BCUT2D eigenvalue weighted by Crippen LogP contribution is -2.24. The number of aromatic nitrogens is 2. The van der Waals surface area contributed by atoms with E-state index in [4.69, 9.17) is 0 Å². The molecule has 30 heavy (non-hydrogen) atoms. The Labute approximate surface area is 176 Å². The van der Waals surface area contributed by atoms with Gasteiger partial charge in [-0.3, -0.25) is 19.0 Å². The fourth-order valence-electron chi connectivity index (χ4n) is 3.21. The number of carbonyl (C=O) groups is 2. The van der Waals surface area contributed by atoms with E-state index in [9.17, 15) is 14.4 Å². The second-order valence-corrected chi connectivity index (χ2v) is 7.91. The Morgan fingerprint density at radius 2 is 1.77 bits per heavy atom. The van der Waals surface area contributed by atoms with Gasteiger partial charge in [-0.2, -0.15) is 0 Å². The summed E-state index contributed by atoms with van der Waals surface area (Å²) in [4.78, 5) is 42.0. The molecule has 6 nitrogen and oxygen atoms in total. The van der Waals surface area contributed by atoms with E-state index in [0.717, 1.165) is 16.7 Å². The number of thiophene rings is 1. The van der Waals surface area contributed by atoms with Crippen LogP contribution in [0, 0.1) is 6.92 Å². The molecule has 4 rings (SSSR count). The van der Waals surface area contributed by atoms with E-state index >= 15 is 0 Å². The summed E-state index contributed by atoms with van der Waals surface area (Å²) in [6.45, 7) is 3.33. The summed E-state index contributed by atoms with van der Waals surface area (Å²) >= 11 is 1.41. The highest BCUT2D eigenvalue weighted by atomic mass is 32.1. The monoisotopic (exact) mass is 417 g/mol. The smallest absolute Gasteiger partial charge is 0.263 e. The lowest BCUT2D eigenvalue weighted by Gasteiger charge is -2.07. The molecule has 0 spiro atoms. The van der Waals surface area contributed by atoms with E-state index in [-0.39, 0.29) is 23.8 Å². The molecule has 0 aliphatic rings. The number of ketones is 1. The topological polar surface area (TPSA) is 81.1 Å². The molecule has 4 aromatic rings. The first kappa shape index (κ1) is 19.7. The number of amides is 1. The third kappa shape index (κ3) is 3.92. The molecule has 0 fully saturated rings. The number of aryl methyl sites for hydroxylation is 1. The van der Waals surface area contributed by atoms with E-state index in [2.05, 4.69) is 10.3 Å². The third-order valence-corrected chi connectivity index (χ3v) is 5.65. The molecular weight excluding hydrogens is 398 g/mol. The molecule has 7 heteroatoms. The number of rotatable bonds is 5. The van der Waals surface area contributed by atoms with E-state index in [0.29, 0.717) is 21.5 Å². The molecule has 0 aliphatic carbocycles. The fourth-order valence-corrected chi connectivity index (χ4v) is 4.12. The van der Waals surface area contributed by atoms with Gasteiger partial charge < -0.3 is 5.32 Å². The highest BCUT2D eigenvalue weighted by Gasteiger charge is 2.15. The summed E-state index contributed by atoms with van der Waals surface area (Å²) in [5.41, 5.74) is 3.75. The second kappa shape index (κ2) is 8.04. The van der Waals surface area contributed by atoms with E-state index in [1.165, 1.54) is 29.2 Å². The zero-order chi connectivity index (χ0) is 21.3. The number of hydrogen-bond acceptors (Lipinski definition) is 5. The Morgan fingerprint density at radius 1 is 1.07 bits per heavy atom. The van der Waals surface area contributed by atoms with Crippen molar-refractivity contribution in [2.75, 3.05) is 5.32 Å². The molecule has 1 amide bonds. The predicted octanol–water partition coefficient (Wildman–Crippen LogP) is 4.27. The number of nitrogens with zero attached hydrogens (tertiary/aromatic N) is 2. The summed E-state index contributed by atoms with van der Waals surface area (Å²) in [6, 6.07) is 14.6. The van der Waals surface area contributed by atoms with Gasteiger partial charge in [0.05, 0.1) is 18.3 Å². The van der Waals surface area contributed by atoms with Gasteiger partial charge in [-0.05, 0) is 36.8 Å². The van der Waals surface area contributed by atoms with E-state index in [1.54, 1.807) is 24.3 Å². The van der Waals surface area contributed by atoms with Gasteiger partial charge in [-0.25, -0.2) is 4.98 Å². The van der Waals surface area contributed by atoms with Gasteiger partial charge in [0.2, 0.25) is 5.91 Å². The molecule has 150 valence electrons. The summed E-state index contributed by atoms with van der Waals surface area (Å²) in [7, 11) is 0. The summed E-state index contributed by atoms with van der Waals surface area (Å²) in [6.07, 6.45) is 1.42. The minimum absolute atomic E-state index is 0.107. The lowest BCUT2D eigenvalue weighted by molar-refractivity contribution is -0.114. The Balaban J connectivity index is 1.65. The van der Waals surface area contributed by atoms with Crippen molar-refractivity contribution in [2.24, 2.45) is 0 Å². The quantitative estimate of drug-likeness (QED) is 0.492. The van der Waals surface area contributed by atoms with Gasteiger partial charge in [0.25, 0.3) is 5.56 Å². The Kier molecular flexibility index (Phi) is 5.29. The Hall–Kier alpha value is -3.58. The molecule has 2 heterocycles. The lowest BCUT2D eigenvalue weighted by atomic mass is 10.0. The van der Waals surface area contributed by atoms with Crippen LogP contribution in [0.15, 0.2) is 65.0 Å². The summed E-state index contributed by atoms with van der Waals surface area (Å²) in [5.74, 6) is -0.389. The largest absolute Gasteiger partial charge is 0.326 e.